The smallest absolute Gasteiger partial charge is 0.221 e. The van der Waals surface area contributed by atoms with Gasteiger partial charge in [-0.1, -0.05) is 24.3 Å². The number of aromatic amines is 1. The van der Waals surface area contributed by atoms with Crippen LogP contribution in [-0.2, 0) is 11.3 Å². The number of carbonyl (C=O) groups is 1. The molecule has 0 aliphatic carbocycles. The van der Waals surface area contributed by atoms with E-state index in [0.29, 0.717) is 40.7 Å². The number of hydrogen-bond donors (Lipinski definition) is 3. The van der Waals surface area contributed by atoms with Gasteiger partial charge >= 0.3 is 0 Å². The molecule has 3 aromatic heterocycles. The first-order valence-corrected chi connectivity index (χ1v) is 12.5. The predicted octanol–water partition coefficient (Wildman–Crippen LogP) is 5.17. The van der Waals surface area contributed by atoms with Crippen LogP contribution in [0.4, 0.5) is 5.69 Å². The van der Waals surface area contributed by atoms with Crippen molar-refractivity contribution in [2.75, 3.05) is 12.4 Å². The summed E-state index contributed by atoms with van der Waals surface area (Å²) in [6.07, 6.45) is 1.94. The Kier molecular flexibility index (Phi) is 5.95. The Hall–Kier alpha value is -5.18. The van der Waals surface area contributed by atoms with Crippen LogP contribution >= 0.6 is 0 Å². The highest BCUT2D eigenvalue weighted by molar-refractivity contribution is 5.94. The molecule has 9 nitrogen and oxygen atoms in total. The molecule has 39 heavy (non-hydrogen) atoms. The molecule has 0 bridgehead atoms. The molecule has 3 aromatic carbocycles. The van der Waals surface area contributed by atoms with Crippen LogP contribution in [0.3, 0.4) is 0 Å². The average Bonchev–Trinajstić information content (AvgIpc) is 3.53. The summed E-state index contributed by atoms with van der Waals surface area (Å²) in [5, 5.41) is 22.2. The Morgan fingerprint density at radius 1 is 1.05 bits per heavy atom. The van der Waals surface area contributed by atoms with Gasteiger partial charge in [0.25, 0.3) is 0 Å². The largest absolute Gasteiger partial charge is 0.497 e. The van der Waals surface area contributed by atoms with Crippen LogP contribution in [0.15, 0.2) is 79.0 Å². The number of hydrogen-bond acceptors (Lipinski definition) is 5. The molecule has 0 unspecified atom stereocenters. The molecule has 3 N–H and O–H groups in total. The SMILES string of the molecule is COc1ccc(NC(C)=O)c(-c2ccc(-n3c(=N)n(Cc4cccc5[nH]ccc45)c4cccc(C)c43)nn2)c1. The van der Waals surface area contributed by atoms with Crippen LogP contribution in [0.25, 0.3) is 39.0 Å². The van der Waals surface area contributed by atoms with E-state index in [1.165, 1.54) is 6.92 Å². The Labute approximate surface area is 224 Å². The average molecular weight is 518 g/mol. The van der Waals surface area contributed by atoms with E-state index in [-0.39, 0.29) is 5.91 Å². The first kappa shape index (κ1) is 24.2. The lowest BCUT2D eigenvalue weighted by Gasteiger charge is -2.12. The van der Waals surface area contributed by atoms with Gasteiger partial charge in [0.2, 0.25) is 11.5 Å². The number of H-pyrrole nitrogens is 1. The summed E-state index contributed by atoms with van der Waals surface area (Å²) < 4.78 is 9.21. The highest BCUT2D eigenvalue weighted by atomic mass is 16.5. The van der Waals surface area contributed by atoms with Crippen LogP contribution in [0.1, 0.15) is 18.1 Å². The van der Waals surface area contributed by atoms with Crippen molar-refractivity contribution in [3.63, 3.8) is 0 Å². The minimum atomic E-state index is -0.181. The zero-order chi connectivity index (χ0) is 27.1. The summed E-state index contributed by atoms with van der Waals surface area (Å²) in [6.45, 7) is 4.04. The number of ether oxygens (including phenoxy) is 1. The molecule has 0 fully saturated rings. The van der Waals surface area contributed by atoms with Gasteiger partial charge in [-0.3, -0.25) is 14.8 Å². The van der Waals surface area contributed by atoms with Crippen molar-refractivity contribution in [3.05, 3.63) is 95.7 Å². The second-order valence-electron chi connectivity index (χ2n) is 9.41. The van der Waals surface area contributed by atoms with Gasteiger partial charge in [0.15, 0.2) is 5.82 Å². The highest BCUT2D eigenvalue weighted by Crippen LogP contribution is 2.31. The molecule has 0 radical (unpaired) electrons. The summed E-state index contributed by atoms with van der Waals surface area (Å²) in [5.74, 6) is 0.994. The summed E-state index contributed by atoms with van der Waals surface area (Å²) in [7, 11) is 1.59. The lowest BCUT2D eigenvalue weighted by molar-refractivity contribution is -0.114. The summed E-state index contributed by atoms with van der Waals surface area (Å²) in [6, 6.07) is 23.4. The van der Waals surface area contributed by atoms with Gasteiger partial charge in [-0.15, -0.1) is 10.2 Å². The van der Waals surface area contributed by atoms with Crippen molar-refractivity contribution < 1.29 is 9.53 Å². The number of para-hydroxylation sites is 1. The van der Waals surface area contributed by atoms with Crippen molar-refractivity contribution >= 4 is 33.5 Å². The van der Waals surface area contributed by atoms with Gasteiger partial charge in [-0.25, -0.2) is 0 Å². The van der Waals surface area contributed by atoms with Crippen molar-refractivity contribution in [1.82, 2.24) is 24.3 Å². The second kappa shape index (κ2) is 9.60. The van der Waals surface area contributed by atoms with Gasteiger partial charge < -0.3 is 19.6 Å². The van der Waals surface area contributed by atoms with Crippen LogP contribution in [0.2, 0.25) is 0 Å². The van der Waals surface area contributed by atoms with Crippen molar-refractivity contribution in [2.45, 2.75) is 20.4 Å². The van der Waals surface area contributed by atoms with E-state index >= 15 is 0 Å². The molecule has 3 heterocycles. The number of nitrogens with one attached hydrogen (secondary N) is 3. The maximum atomic E-state index is 11.8. The topological polar surface area (TPSA) is 114 Å². The van der Waals surface area contributed by atoms with E-state index < -0.39 is 0 Å². The van der Waals surface area contributed by atoms with E-state index in [1.807, 2.05) is 64.7 Å². The fraction of sp³-hybridized carbons (Fsp3) is 0.133. The number of rotatable bonds is 6. The molecule has 0 saturated carbocycles. The molecule has 1 amide bonds. The molecular formula is C30H27N7O2. The summed E-state index contributed by atoms with van der Waals surface area (Å²) >= 11 is 0. The first-order chi connectivity index (χ1) is 18.9. The molecule has 194 valence electrons. The van der Waals surface area contributed by atoms with Crippen LogP contribution in [-0.4, -0.2) is 37.3 Å². The zero-order valence-electron chi connectivity index (χ0n) is 21.8. The number of imidazole rings is 1. The minimum absolute atomic E-state index is 0.181. The number of aryl methyl sites for hydroxylation is 1. The summed E-state index contributed by atoms with van der Waals surface area (Å²) in [5.41, 5.74) is 7.26. The Morgan fingerprint density at radius 2 is 1.90 bits per heavy atom. The maximum Gasteiger partial charge on any atom is 0.221 e. The van der Waals surface area contributed by atoms with Crippen molar-refractivity contribution in [1.29, 1.82) is 5.41 Å². The van der Waals surface area contributed by atoms with E-state index in [2.05, 4.69) is 38.7 Å². The highest BCUT2D eigenvalue weighted by Gasteiger charge is 2.18. The molecule has 6 aromatic rings. The molecular weight excluding hydrogens is 490 g/mol. The third-order valence-electron chi connectivity index (χ3n) is 6.91. The van der Waals surface area contributed by atoms with Gasteiger partial charge in [0.05, 0.1) is 36.1 Å². The monoisotopic (exact) mass is 517 g/mol. The molecule has 0 aliphatic rings. The number of benzene rings is 3. The molecule has 0 atom stereocenters. The zero-order valence-corrected chi connectivity index (χ0v) is 21.8. The van der Waals surface area contributed by atoms with Gasteiger partial charge in [0.1, 0.15) is 5.75 Å². The second-order valence-corrected chi connectivity index (χ2v) is 9.41. The molecule has 0 saturated heterocycles. The van der Waals surface area contributed by atoms with Crippen LogP contribution in [0.5, 0.6) is 5.75 Å². The number of aromatic nitrogens is 5. The number of carbonyl (C=O) groups excluding carboxylic acids is 1. The normalized spacial score (nSPS) is 11.3. The molecule has 9 heteroatoms. The number of anilines is 1. The van der Waals surface area contributed by atoms with E-state index in [0.717, 1.165) is 33.1 Å². The fourth-order valence-corrected chi connectivity index (χ4v) is 5.08. The van der Waals surface area contributed by atoms with Crippen molar-refractivity contribution in [3.8, 4) is 22.8 Å². The number of fused-ring (bicyclic) bond motifs is 2. The number of methoxy groups -OCH3 is 1. The lowest BCUT2D eigenvalue weighted by atomic mass is 10.1. The van der Waals surface area contributed by atoms with E-state index in [1.54, 1.807) is 19.2 Å². The van der Waals surface area contributed by atoms with E-state index in [9.17, 15) is 10.2 Å². The summed E-state index contributed by atoms with van der Waals surface area (Å²) in [4.78, 5) is 15.0. The minimum Gasteiger partial charge on any atom is -0.497 e. The molecule has 0 aliphatic heterocycles. The number of nitrogens with zero attached hydrogens (tertiary/aromatic N) is 4. The molecule has 0 spiro atoms. The quantitative estimate of drug-likeness (QED) is 0.283. The number of amides is 1. The van der Waals surface area contributed by atoms with Crippen molar-refractivity contribution in [2.24, 2.45) is 0 Å². The Morgan fingerprint density at radius 3 is 2.67 bits per heavy atom. The standard InChI is InChI=1S/C30H27N7O2/c1-18-6-4-9-27-29(18)37(30(31)36(27)17-20-7-5-8-24-22(20)14-15-32-24)28-13-12-26(34-35-28)23-16-21(39-3)10-11-25(23)33-19(2)38/h4-16,31-32H,17H2,1-3H3,(H,33,38). The lowest BCUT2D eigenvalue weighted by Crippen LogP contribution is -2.25. The molecule has 6 rings (SSSR count). The Balaban J connectivity index is 1.47. The van der Waals surface area contributed by atoms with Crippen LogP contribution < -0.4 is 15.7 Å². The maximum absolute atomic E-state index is 11.8. The van der Waals surface area contributed by atoms with Gasteiger partial charge in [-0.05, 0) is 66.6 Å². The third kappa shape index (κ3) is 4.23. The Bertz CT molecular complexity index is 1910. The predicted molar refractivity (Wildman–Crippen MR) is 151 cm³/mol. The first-order valence-electron chi connectivity index (χ1n) is 12.5. The van der Waals surface area contributed by atoms with E-state index in [4.69, 9.17) is 4.74 Å². The van der Waals surface area contributed by atoms with Gasteiger partial charge in [0, 0.05) is 29.6 Å². The third-order valence-corrected chi connectivity index (χ3v) is 6.91. The van der Waals surface area contributed by atoms with Gasteiger partial charge in [-0.2, -0.15) is 0 Å². The van der Waals surface area contributed by atoms with Crippen LogP contribution in [0, 0.1) is 12.3 Å². The fourth-order valence-electron chi connectivity index (χ4n) is 5.08.